The molecule has 1 aliphatic carbocycles. The molecule has 0 N–H and O–H groups in total. The molecule has 0 aliphatic heterocycles. The normalized spacial score (nSPS) is 16.1. The molecule has 1 fully saturated rings. The third kappa shape index (κ3) is 1.14. The Kier molecular flexibility index (Phi) is 1.71. The number of aromatic nitrogens is 3. The molecule has 0 unspecified atom stereocenters. The quantitative estimate of drug-likeness (QED) is 0.743. The molecular formula is C11H13N3O. The van der Waals surface area contributed by atoms with Gasteiger partial charge in [0.1, 0.15) is 0 Å². The van der Waals surface area contributed by atoms with E-state index in [1.54, 1.807) is 10.8 Å². The molecule has 0 bridgehead atoms. The van der Waals surface area contributed by atoms with E-state index in [2.05, 4.69) is 4.98 Å². The number of imidazole rings is 1. The van der Waals surface area contributed by atoms with Gasteiger partial charge >= 0.3 is 5.69 Å². The van der Waals surface area contributed by atoms with Crippen LogP contribution < -0.4 is 5.69 Å². The van der Waals surface area contributed by atoms with E-state index in [1.165, 1.54) is 0 Å². The molecule has 0 spiro atoms. The molecule has 2 aromatic rings. The highest BCUT2D eigenvalue weighted by atomic mass is 16.1. The Hall–Kier alpha value is -1.58. The molecule has 0 aromatic carbocycles. The maximum atomic E-state index is 12.1. The van der Waals surface area contributed by atoms with E-state index in [1.807, 2.05) is 23.6 Å². The molecule has 2 aromatic heterocycles. The summed E-state index contributed by atoms with van der Waals surface area (Å²) in [6, 6.07) is 4.24. The van der Waals surface area contributed by atoms with Crippen LogP contribution in [0.5, 0.6) is 0 Å². The lowest BCUT2D eigenvalue weighted by Crippen LogP contribution is -2.23. The van der Waals surface area contributed by atoms with E-state index < -0.39 is 0 Å². The average Bonchev–Trinajstić information content (AvgIpc) is 3.02. The summed E-state index contributed by atoms with van der Waals surface area (Å²) in [4.78, 5) is 16.4. The third-order valence-electron chi connectivity index (χ3n) is 2.95. The summed E-state index contributed by atoms with van der Waals surface area (Å²) in [5.74, 6) is 0. The zero-order valence-corrected chi connectivity index (χ0v) is 8.68. The number of pyridine rings is 1. The minimum Gasteiger partial charge on any atom is -0.291 e. The SMILES string of the molecule is CCn1c(=O)n(C2CC2)c2ncccc21. The first kappa shape index (κ1) is 8.71. The Bertz CT molecular complexity index is 563. The van der Waals surface area contributed by atoms with Crippen molar-refractivity contribution < 1.29 is 0 Å². The van der Waals surface area contributed by atoms with Gasteiger partial charge in [-0.2, -0.15) is 0 Å². The molecule has 4 nitrogen and oxygen atoms in total. The maximum Gasteiger partial charge on any atom is 0.330 e. The lowest BCUT2D eigenvalue weighted by molar-refractivity contribution is 0.657. The van der Waals surface area contributed by atoms with Gasteiger partial charge in [0.25, 0.3) is 0 Å². The standard InChI is InChI=1S/C11H13N3O/c1-2-13-9-4-3-7-12-10(9)14(11(13)15)8-5-6-8/h3-4,7-8H,2,5-6H2,1H3. The van der Waals surface area contributed by atoms with Crippen LogP contribution in [0.15, 0.2) is 23.1 Å². The highest BCUT2D eigenvalue weighted by Crippen LogP contribution is 2.35. The molecule has 1 saturated carbocycles. The zero-order chi connectivity index (χ0) is 10.4. The molecule has 0 atom stereocenters. The Morgan fingerprint density at radius 1 is 1.53 bits per heavy atom. The van der Waals surface area contributed by atoms with Crippen LogP contribution in [-0.4, -0.2) is 14.1 Å². The largest absolute Gasteiger partial charge is 0.330 e. The van der Waals surface area contributed by atoms with E-state index in [0.29, 0.717) is 12.6 Å². The fourth-order valence-electron chi connectivity index (χ4n) is 2.08. The molecule has 15 heavy (non-hydrogen) atoms. The molecule has 4 heteroatoms. The van der Waals surface area contributed by atoms with Crippen LogP contribution in [0.2, 0.25) is 0 Å². The summed E-state index contributed by atoms with van der Waals surface area (Å²) < 4.78 is 3.64. The Morgan fingerprint density at radius 2 is 2.33 bits per heavy atom. The number of nitrogens with zero attached hydrogens (tertiary/aromatic N) is 3. The van der Waals surface area contributed by atoms with E-state index in [4.69, 9.17) is 0 Å². The van der Waals surface area contributed by atoms with Crippen molar-refractivity contribution in [2.75, 3.05) is 0 Å². The number of hydrogen-bond acceptors (Lipinski definition) is 2. The number of rotatable bonds is 2. The Labute approximate surface area is 87.2 Å². The highest BCUT2D eigenvalue weighted by molar-refractivity contribution is 5.71. The Morgan fingerprint density at radius 3 is 3.00 bits per heavy atom. The van der Waals surface area contributed by atoms with Crippen molar-refractivity contribution in [3.05, 3.63) is 28.8 Å². The summed E-state index contributed by atoms with van der Waals surface area (Å²) in [7, 11) is 0. The molecular weight excluding hydrogens is 190 g/mol. The summed E-state index contributed by atoms with van der Waals surface area (Å²) in [5, 5.41) is 0. The monoisotopic (exact) mass is 203 g/mol. The van der Waals surface area contributed by atoms with Gasteiger partial charge < -0.3 is 0 Å². The number of fused-ring (bicyclic) bond motifs is 1. The first-order chi connectivity index (χ1) is 7.33. The molecule has 1 aliphatic rings. The van der Waals surface area contributed by atoms with Crippen molar-refractivity contribution >= 4 is 11.2 Å². The van der Waals surface area contributed by atoms with Gasteiger partial charge in [-0.1, -0.05) is 0 Å². The zero-order valence-electron chi connectivity index (χ0n) is 8.68. The summed E-state index contributed by atoms with van der Waals surface area (Å²) in [5.41, 5.74) is 1.89. The van der Waals surface area contributed by atoms with Crippen LogP contribution in [0.1, 0.15) is 25.8 Å². The molecule has 2 heterocycles. The average molecular weight is 203 g/mol. The molecule has 3 rings (SSSR count). The lowest BCUT2D eigenvalue weighted by atomic mass is 10.4. The van der Waals surface area contributed by atoms with Crippen LogP contribution >= 0.6 is 0 Å². The van der Waals surface area contributed by atoms with Crippen LogP contribution in [0.25, 0.3) is 11.2 Å². The predicted molar refractivity (Wildman–Crippen MR) is 57.9 cm³/mol. The fourth-order valence-corrected chi connectivity index (χ4v) is 2.08. The van der Waals surface area contributed by atoms with Crippen molar-refractivity contribution in [2.45, 2.75) is 32.4 Å². The van der Waals surface area contributed by atoms with E-state index >= 15 is 0 Å². The maximum absolute atomic E-state index is 12.1. The van der Waals surface area contributed by atoms with E-state index in [9.17, 15) is 4.79 Å². The number of aryl methyl sites for hydroxylation is 1. The summed E-state index contributed by atoms with van der Waals surface area (Å²) in [6.45, 7) is 2.70. The van der Waals surface area contributed by atoms with Gasteiger partial charge in [0.15, 0.2) is 5.65 Å². The lowest BCUT2D eigenvalue weighted by Gasteiger charge is -1.96. The predicted octanol–water partition coefficient (Wildman–Crippen LogP) is 1.55. The van der Waals surface area contributed by atoms with Gasteiger partial charge in [-0.25, -0.2) is 9.78 Å². The van der Waals surface area contributed by atoms with Gasteiger partial charge in [-0.3, -0.25) is 9.13 Å². The smallest absolute Gasteiger partial charge is 0.291 e. The van der Waals surface area contributed by atoms with E-state index in [0.717, 1.165) is 24.0 Å². The van der Waals surface area contributed by atoms with Gasteiger partial charge in [0.2, 0.25) is 0 Å². The third-order valence-corrected chi connectivity index (χ3v) is 2.95. The first-order valence-electron chi connectivity index (χ1n) is 5.38. The summed E-state index contributed by atoms with van der Waals surface area (Å²) in [6.07, 6.45) is 3.97. The van der Waals surface area contributed by atoms with Crippen molar-refractivity contribution in [1.29, 1.82) is 0 Å². The van der Waals surface area contributed by atoms with Gasteiger partial charge in [0.05, 0.1) is 5.52 Å². The topological polar surface area (TPSA) is 39.8 Å². The van der Waals surface area contributed by atoms with Gasteiger partial charge in [0, 0.05) is 18.8 Å². The molecule has 78 valence electrons. The fraction of sp³-hybridized carbons (Fsp3) is 0.455. The minimum absolute atomic E-state index is 0.0914. The minimum atomic E-state index is 0.0914. The van der Waals surface area contributed by atoms with Crippen molar-refractivity contribution in [2.24, 2.45) is 0 Å². The highest BCUT2D eigenvalue weighted by Gasteiger charge is 2.28. The molecule has 0 saturated heterocycles. The van der Waals surface area contributed by atoms with Crippen LogP contribution in [0.3, 0.4) is 0 Å². The second-order valence-corrected chi connectivity index (χ2v) is 3.97. The number of hydrogen-bond donors (Lipinski definition) is 0. The summed E-state index contributed by atoms with van der Waals surface area (Å²) >= 11 is 0. The second kappa shape index (κ2) is 2.95. The van der Waals surface area contributed by atoms with Crippen molar-refractivity contribution in [3.63, 3.8) is 0 Å². The van der Waals surface area contributed by atoms with Gasteiger partial charge in [-0.05, 0) is 31.9 Å². The second-order valence-electron chi connectivity index (χ2n) is 3.97. The molecule has 0 radical (unpaired) electrons. The van der Waals surface area contributed by atoms with Crippen LogP contribution in [0, 0.1) is 0 Å². The molecule has 0 amide bonds. The van der Waals surface area contributed by atoms with Gasteiger partial charge in [-0.15, -0.1) is 0 Å². The van der Waals surface area contributed by atoms with Crippen molar-refractivity contribution in [1.82, 2.24) is 14.1 Å². The van der Waals surface area contributed by atoms with Crippen LogP contribution in [0.4, 0.5) is 0 Å². The van der Waals surface area contributed by atoms with Crippen LogP contribution in [-0.2, 0) is 6.54 Å². The first-order valence-corrected chi connectivity index (χ1v) is 5.38. The Balaban J connectivity index is 2.42. The van der Waals surface area contributed by atoms with E-state index in [-0.39, 0.29) is 5.69 Å². The van der Waals surface area contributed by atoms with Crippen molar-refractivity contribution in [3.8, 4) is 0 Å².